The van der Waals surface area contributed by atoms with Crippen molar-refractivity contribution in [1.29, 1.82) is 0 Å². The van der Waals surface area contributed by atoms with Gasteiger partial charge in [-0.05, 0) is 48.7 Å². The first kappa shape index (κ1) is 19.7. The van der Waals surface area contributed by atoms with Crippen LogP contribution in [0.3, 0.4) is 0 Å². The minimum Gasteiger partial charge on any atom is -0.302 e. The summed E-state index contributed by atoms with van der Waals surface area (Å²) < 4.78 is 0. The number of benzene rings is 1. The molecule has 0 radical (unpaired) electrons. The van der Waals surface area contributed by atoms with E-state index < -0.39 is 0 Å². The monoisotopic (exact) mass is 427 g/mol. The van der Waals surface area contributed by atoms with Crippen LogP contribution in [-0.4, -0.2) is 51.0 Å². The molecule has 154 valence electrons. The fourth-order valence-electron chi connectivity index (χ4n) is 3.76. The molecule has 0 atom stereocenters. The highest BCUT2D eigenvalue weighted by Gasteiger charge is 2.14. The maximum atomic E-state index is 13.0. The average Bonchev–Trinajstić information content (AvgIpc) is 3.34. The van der Waals surface area contributed by atoms with Crippen LogP contribution in [0.1, 0.15) is 28.2 Å². The Balaban J connectivity index is 1.38. The van der Waals surface area contributed by atoms with Gasteiger partial charge in [0.15, 0.2) is 5.78 Å². The van der Waals surface area contributed by atoms with E-state index in [4.69, 9.17) is 0 Å². The fourth-order valence-corrected chi connectivity index (χ4v) is 4.32. The highest BCUT2D eigenvalue weighted by Crippen LogP contribution is 2.26. The van der Waals surface area contributed by atoms with Gasteiger partial charge in [-0.25, -0.2) is 0 Å². The number of carbonyl (C=O) groups is 1. The van der Waals surface area contributed by atoms with Gasteiger partial charge in [-0.1, -0.05) is 29.5 Å². The maximum absolute atomic E-state index is 13.0. The molecule has 0 saturated carbocycles. The summed E-state index contributed by atoms with van der Waals surface area (Å²) >= 11 is 1.50. The fraction of sp³-hybridized carbons (Fsp3) is 0.208. The molecule has 3 aromatic heterocycles. The Morgan fingerprint density at radius 1 is 1.13 bits per heavy atom. The van der Waals surface area contributed by atoms with Crippen molar-refractivity contribution in [3.8, 4) is 10.6 Å². The highest BCUT2D eigenvalue weighted by molar-refractivity contribution is 7.12. The average molecular weight is 428 g/mol. The predicted molar refractivity (Wildman–Crippen MR) is 123 cm³/mol. The number of nitrogens with zero attached hydrogens (tertiary/aromatic N) is 5. The number of likely N-dealkylation sites (N-methyl/N-ethyl adjacent to an activating group) is 1. The van der Waals surface area contributed by atoms with Gasteiger partial charge in [0, 0.05) is 47.7 Å². The summed E-state index contributed by atoms with van der Waals surface area (Å²) in [5.41, 5.74) is 6.27. The number of Topliss-reactive ketones (excluding diaryl/α,β-unsaturated/α-hetero) is 1. The van der Waals surface area contributed by atoms with Crippen LogP contribution in [-0.2, 0) is 6.42 Å². The van der Waals surface area contributed by atoms with E-state index in [0.717, 1.165) is 52.2 Å². The molecule has 6 nitrogen and oxygen atoms in total. The van der Waals surface area contributed by atoms with E-state index in [1.807, 2.05) is 30.5 Å². The Kier molecular flexibility index (Phi) is 5.36. The SMILES string of the molecule is CN1CC=C(c2cc(C(=O)Cc3cc4cc(-c5nncs5)ccc4cn3)ccn2)CC1. The second kappa shape index (κ2) is 8.45. The van der Waals surface area contributed by atoms with Gasteiger partial charge in [-0.2, -0.15) is 0 Å². The van der Waals surface area contributed by atoms with Crippen LogP contribution in [0, 0.1) is 0 Å². The molecule has 4 heterocycles. The van der Waals surface area contributed by atoms with Crippen molar-refractivity contribution in [2.45, 2.75) is 12.8 Å². The first-order chi connectivity index (χ1) is 15.2. The minimum absolute atomic E-state index is 0.0457. The zero-order valence-corrected chi connectivity index (χ0v) is 18.0. The van der Waals surface area contributed by atoms with E-state index in [1.54, 1.807) is 17.8 Å². The van der Waals surface area contributed by atoms with E-state index in [-0.39, 0.29) is 12.2 Å². The van der Waals surface area contributed by atoms with Crippen molar-refractivity contribution in [3.05, 3.63) is 77.3 Å². The molecule has 0 saturated heterocycles. The normalized spacial score (nSPS) is 14.5. The standard InChI is InChI=1S/C24H21N5OS/c1-29-8-5-16(6-9-29)22-12-17(4-7-25-22)23(30)13-21-11-20-10-18(24-28-27-15-31-24)2-3-19(20)14-26-21/h2-5,7,10-12,14-15H,6,8-9,13H2,1H3. The van der Waals surface area contributed by atoms with E-state index in [0.29, 0.717) is 5.56 Å². The zero-order chi connectivity index (χ0) is 21.2. The third-order valence-corrected chi connectivity index (χ3v) is 6.29. The molecule has 1 aromatic carbocycles. The molecule has 0 spiro atoms. The summed E-state index contributed by atoms with van der Waals surface area (Å²) in [5, 5.41) is 11.0. The van der Waals surface area contributed by atoms with Gasteiger partial charge >= 0.3 is 0 Å². The van der Waals surface area contributed by atoms with Crippen molar-refractivity contribution in [2.24, 2.45) is 0 Å². The first-order valence-electron chi connectivity index (χ1n) is 10.2. The molecule has 1 aliphatic rings. The molecule has 0 unspecified atom stereocenters. The number of pyridine rings is 2. The molecular weight excluding hydrogens is 406 g/mol. The Bertz CT molecular complexity index is 1280. The number of fused-ring (bicyclic) bond motifs is 1. The van der Waals surface area contributed by atoms with Crippen molar-refractivity contribution in [3.63, 3.8) is 0 Å². The largest absolute Gasteiger partial charge is 0.302 e. The molecule has 1 aliphatic heterocycles. The van der Waals surface area contributed by atoms with Gasteiger partial charge < -0.3 is 4.90 Å². The lowest BCUT2D eigenvalue weighted by atomic mass is 10.00. The number of rotatable bonds is 5. The van der Waals surface area contributed by atoms with Crippen LogP contribution in [0.2, 0.25) is 0 Å². The first-order valence-corrected chi connectivity index (χ1v) is 11.1. The molecule has 0 bridgehead atoms. The molecule has 5 rings (SSSR count). The van der Waals surface area contributed by atoms with E-state index in [9.17, 15) is 4.79 Å². The number of carbonyl (C=O) groups excluding carboxylic acids is 1. The molecule has 4 aromatic rings. The molecular formula is C24H21N5OS. The van der Waals surface area contributed by atoms with Gasteiger partial charge in [0.2, 0.25) is 0 Å². The number of ketones is 1. The summed E-state index contributed by atoms with van der Waals surface area (Å²) in [6.07, 6.45) is 6.95. The van der Waals surface area contributed by atoms with Crippen molar-refractivity contribution in [1.82, 2.24) is 25.1 Å². The lowest BCUT2D eigenvalue weighted by molar-refractivity contribution is 0.0992. The quantitative estimate of drug-likeness (QED) is 0.443. The van der Waals surface area contributed by atoms with Gasteiger partial charge in [-0.15, -0.1) is 10.2 Å². The van der Waals surface area contributed by atoms with Gasteiger partial charge in [0.05, 0.1) is 12.1 Å². The topological polar surface area (TPSA) is 71.9 Å². The van der Waals surface area contributed by atoms with E-state index in [2.05, 4.69) is 44.3 Å². The van der Waals surface area contributed by atoms with Crippen molar-refractivity contribution < 1.29 is 4.79 Å². The third-order valence-electron chi connectivity index (χ3n) is 5.55. The Hall–Kier alpha value is -3.29. The summed E-state index contributed by atoms with van der Waals surface area (Å²) in [7, 11) is 2.11. The van der Waals surface area contributed by atoms with Gasteiger partial charge in [-0.3, -0.25) is 14.8 Å². The van der Waals surface area contributed by atoms with Crippen LogP contribution in [0.25, 0.3) is 26.9 Å². The van der Waals surface area contributed by atoms with Crippen molar-refractivity contribution in [2.75, 3.05) is 20.1 Å². The Morgan fingerprint density at radius 2 is 2.06 bits per heavy atom. The Morgan fingerprint density at radius 3 is 2.87 bits per heavy atom. The second-order valence-electron chi connectivity index (χ2n) is 7.75. The van der Waals surface area contributed by atoms with Crippen molar-refractivity contribution >= 4 is 33.5 Å². The smallest absolute Gasteiger partial charge is 0.168 e. The number of aromatic nitrogens is 4. The molecule has 0 fully saturated rings. The predicted octanol–water partition coefficient (Wildman–Crippen LogP) is 4.29. The number of hydrogen-bond donors (Lipinski definition) is 0. The van der Waals surface area contributed by atoms with Gasteiger partial charge in [0.1, 0.15) is 10.5 Å². The Labute approximate surface area is 184 Å². The molecule has 31 heavy (non-hydrogen) atoms. The summed E-state index contributed by atoms with van der Waals surface area (Å²) in [4.78, 5) is 24.2. The molecule has 0 amide bonds. The third kappa shape index (κ3) is 4.28. The van der Waals surface area contributed by atoms with Crippen LogP contribution in [0.5, 0.6) is 0 Å². The second-order valence-corrected chi connectivity index (χ2v) is 8.59. The zero-order valence-electron chi connectivity index (χ0n) is 17.2. The minimum atomic E-state index is 0.0457. The highest BCUT2D eigenvalue weighted by atomic mass is 32.1. The van der Waals surface area contributed by atoms with E-state index >= 15 is 0 Å². The number of hydrogen-bond acceptors (Lipinski definition) is 7. The summed E-state index contributed by atoms with van der Waals surface area (Å²) in [6.45, 7) is 1.92. The van der Waals surface area contributed by atoms with Crippen LogP contribution in [0.15, 0.2) is 60.4 Å². The van der Waals surface area contributed by atoms with E-state index in [1.165, 1.54) is 16.9 Å². The maximum Gasteiger partial charge on any atom is 0.168 e. The van der Waals surface area contributed by atoms with Gasteiger partial charge in [0.25, 0.3) is 0 Å². The van der Waals surface area contributed by atoms with Crippen LogP contribution < -0.4 is 0 Å². The van der Waals surface area contributed by atoms with Crippen LogP contribution in [0.4, 0.5) is 0 Å². The summed E-state index contributed by atoms with van der Waals surface area (Å²) in [6, 6.07) is 11.8. The molecule has 7 heteroatoms. The lowest BCUT2D eigenvalue weighted by Gasteiger charge is -2.21. The molecule has 0 N–H and O–H groups in total. The van der Waals surface area contributed by atoms with Crippen LogP contribution >= 0.6 is 11.3 Å². The summed E-state index contributed by atoms with van der Waals surface area (Å²) in [5.74, 6) is 0.0457. The lowest BCUT2D eigenvalue weighted by Crippen LogP contribution is -2.23. The molecule has 0 aliphatic carbocycles.